The van der Waals surface area contributed by atoms with Crippen LogP contribution in [0, 0.1) is 43.5 Å². The summed E-state index contributed by atoms with van der Waals surface area (Å²) in [6.07, 6.45) is 11.2. The van der Waals surface area contributed by atoms with E-state index in [1.54, 1.807) is 0 Å². The molecule has 0 aromatic carbocycles. The van der Waals surface area contributed by atoms with E-state index in [1.165, 1.54) is 11.3 Å². The molecular weight excluding hydrogens is 220 g/mol. The average molecular weight is 240 g/mol. The van der Waals surface area contributed by atoms with Gasteiger partial charge in [0.15, 0.2) is 0 Å². The highest BCUT2D eigenvalue weighted by molar-refractivity contribution is 5.31. The Bertz CT molecular complexity index is 479. The summed E-state index contributed by atoms with van der Waals surface area (Å²) in [4.78, 5) is 4.35. The number of terminal acetylenes is 2. The Morgan fingerprint density at radius 3 is 1.89 bits per heavy atom. The lowest BCUT2D eigenvalue weighted by atomic mass is 9.89. The van der Waals surface area contributed by atoms with Gasteiger partial charge >= 0.3 is 0 Å². The minimum Gasteiger partial charge on any atom is -0.344 e. The molecule has 2 heteroatoms. The first-order chi connectivity index (χ1) is 7.93. The smallest absolute Gasteiger partial charge is 0.0486 e. The molecule has 1 rings (SSSR count). The summed E-state index contributed by atoms with van der Waals surface area (Å²) in [5.74, 6) is 8.61. The molecule has 2 nitrogen and oxygen atoms in total. The van der Waals surface area contributed by atoms with Crippen LogP contribution >= 0.6 is 0 Å². The van der Waals surface area contributed by atoms with Crippen molar-refractivity contribution >= 4 is 0 Å². The van der Waals surface area contributed by atoms with Crippen molar-refractivity contribution in [1.82, 2.24) is 11.1 Å². The number of hydrogen-bond donors (Lipinski definition) is 1. The van der Waals surface area contributed by atoms with Crippen LogP contribution in [0.3, 0.4) is 0 Å². The second-order valence-corrected chi connectivity index (χ2v) is 4.46. The summed E-state index contributed by atoms with van der Waals surface area (Å²) in [5.41, 5.74) is 2.64. The lowest BCUT2D eigenvalue weighted by Gasteiger charge is -2.19. The summed E-state index contributed by atoms with van der Waals surface area (Å²) >= 11 is 0. The first kappa shape index (κ1) is 18.2. The molecule has 0 saturated carbocycles. The van der Waals surface area contributed by atoms with E-state index >= 15 is 0 Å². The highest BCUT2D eigenvalue weighted by Crippen LogP contribution is 2.22. The van der Waals surface area contributed by atoms with Crippen molar-refractivity contribution in [3.63, 3.8) is 0 Å². The van der Waals surface area contributed by atoms with Crippen LogP contribution in [0.5, 0.6) is 0 Å². The van der Waals surface area contributed by atoms with Gasteiger partial charge in [0.05, 0.1) is 0 Å². The lowest BCUT2D eigenvalue weighted by molar-refractivity contribution is 0.564. The fraction of sp³-hybridized carbons (Fsp3) is 0.312. The highest BCUT2D eigenvalue weighted by atomic mass is 14.7. The van der Waals surface area contributed by atoms with Gasteiger partial charge in [-0.25, -0.2) is 0 Å². The first-order valence-corrected chi connectivity index (χ1v) is 5.26. The molecule has 0 spiro atoms. The van der Waals surface area contributed by atoms with Gasteiger partial charge in [0, 0.05) is 17.3 Å². The predicted molar refractivity (Wildman–Crippen MR) is 78.1 cm³/mol. The minimum absolute atomic E-state index is 0. The number of nitrogens with zero attached hydrogens (tertiary/aromatic N) is 1. The quantitative estimate of drug-likeness (QED) is 0.708. The van der Waals surface area contributed by atoms with Crippen molar-refractivity contribution in [2.45, 2.75) is 33.1 Å². The molecule has 0 bridgehead atoms. The molecule has 1 aromatic rings. The Kier molecular flexibility index (Phi) is 8.97. The first-order valence-electron chi connectivity index (χ1n) is 5.26. The molecule has 18 heavy (non-hydrogen) atoms. The summed E-state index contributed by atoms with van der Waals surface area (Å²) in [5, 5.41) is 0. The molecular formula is C16H20N2. The third-order valence-corrected chi connectivity index (χ3v) is 1.93. The number of aryl methyl sites for hydroxylation is 1. The van der Waals surface area contributed by atoms with Crippen molar-refractivity contribution in [1.29, 1.82) is 0 Å². The molecule has 0 saturated heterocycles. The molecule has 0 radical (unpaired) electrons. The summed E-state index contributed by atoms with van der Waals surface area (Å²) in [7, 11) is 0. The Hall–Kier alpha value is -2.21. The lowest BCUT2D eigenvalue weighted by Crippen LogP contribution is -2.14. The van der Waals surface area contributed by atoms with E-state index in [2.05, 4.69) is 62.4 Å². The Morgan fingerprint density at radius 1 is 1.11 bits per heavy atom. The van der Waals surface area contributed by atoms with Crippen molar-refractivity contribution in [3.05, 3.63) is 29.6 Å². The van der Waals surface area contributed by atoms with Crippen LogP contribution in [0.2, 0.25) is 0 Å². The summed E-state index contributed by atoms with van der Waals surface area (Å²) in [6, 6.07) is 4.08. The second-order valence-electron chi connectivity index (χ2n) is 4.46. The molecule has 1 heterocycles. The van der Waals surface area contributed by atoms with E-state index in [0.717, 1.165) is 0 Å². The fourth-order valence-corrected chi connectivity index (χ4v) is 1.34. The zero-order valence-corrected chi connectivity index (χ0v) is 11.5. The van der Waals surface area contributed by atoms with Gasteiger partial charge in [0.1, 0.15) is 0 Å². The van der Waals surface area contributed by atoms with Crippen LogP contribution in [0.25, 0.3) is 0 Å². The normalized spacial score (nSPS) is 8.11. The van der Waals surface area contributed by atoms with Gasteiger partial charge in [-0.05, 0) is 42.2 Å². The van der Waals surface area contributed by atoms with E-state index < -0.39 is 0 Å². The van der Waals surface area contributed by atoms with E-state index in [0.29, 0.717) is 0 Å². The molecule has 0 unspecified atom stereocenters. The zero-order chi connectivity index (χ0) is 13.3. The van der Waals surface area contributed by atoms with Crippen LogP contribution in [0.15, 0.2) is 18.3 Å². The molecule has 0 aliphatic carbocycles. The standard InChI is InChI=1S/C10H15N.C6H2.H3N/c1-8-6-5-7-11-9(8)10(2,3)4;1-3-5-6-4-2;/h5-7H,1-4H3;1-2H;1H3. The van der Waals surface area contributed by atoms with E-state index in [9.17, 15) is 0 Å². The number of rotatable bonds is 0. The van der Waals surface area contributed by atoms with E-state index in [1.807, 2.05) is 12.3 Å². The summed E-state index contributed by atoms with van der Waals surface area (Å²) in [6.45, 7) is 8.65. The van der Waals surface area contributed by atoms with Gasteiger partial charge in [-0.2, -0.15) is 0 Å². The average Bonchev–Trinajstić information content (AvgIpc) is 2.26. The van der Waals surface area contributed by atoms with Crippen LogP contribution in [-0.4, -0.2) is 4.98 Å². The number of hydrogen-bond acceptors (Lipinski definition) is 2. The topological polar surface area (TPSA) is 47.9 Å². The molecule has 1 aromatic heterocycles. The van der Waals surface area contributed by atoms with Gasteiger partial charge in [-0.3, -0.25) is 4.98 Å². The predicted octanol–water partition coefficient (Wildman–Crippen LogP) is 3.11. The SMILES string of the molecule is C#CC#CC#C.Cc1cccnc1C(C)(C)C.N. The number of aromatic nitrogens is 1. The summed E-state index contributed by atoms with van der Waals surface area (Å²) < 4.78 is 0. The maximum atomic E-state index is 4.70. The van der Waals surface area contributed by atoms with Gasteiger partial charge in [-0.15, -0.1) is 12.8 Å². The van der Waals surface area contributed by atoms with Gasteiger partial charge in [0.2, 0.25) is 0 Å². The van der Waals surface area contributed by atoms with Crippen molar-refractivity contribution < 1.29 is 0 Å². The molecule has 0 aliphatic heterocycles. The Labute approximate surface area is 111 Å². The van der Waals surface area contributed by atoms with Crippen LogP contribution < -0.4 is 6.15 Å². The third-order valence-electron chi connectivity index (χ3n) is 1.93. The van der Waals surface area contributed by atoms with Crippen molar-refractivity contribution in [3.8, 4) is 36.5 Å². The molecule has 0 fully saturated rings. The largest absolute Gasteiger partial charge is 0.344 e. The number of pyridine rings is 1. The third kappa shape index (κ3) is 7.13. The van der Waals surface area contributed by atoms with Gasteiger partial charge < -0.3 is 6.15 Å². The van der Waals surface area contributed by atoms with E-state index in [4.69, 9.17) is 12.8 Å². The monoisotopic (exact) mass is 240 g/mol. The Morgan fingerprint density at radius 2 is 1.61 bits per heavy atom. The minimum atomic E-state index is 0. The van der Waals surface area contributed by atoms with Crippen molar-refractivity contribution in [2.75, 3.05) is 0 Å². The molecule has 0 aliphatic rings. The zero-order valence-electron chi connectivity index (χ0n) is 11.5. The van der Waals surface area contributed by atoms with Crippen LogP contribution in [0.4, 0.5) is 0 Å². The maximum absolute atomic E-state index is 4.70. The van der Waals surface area contributed by atoms with Gasteiger partial charge in [0.25, 0.3) is 0 Å². The van der Waals surface area contributed by atoms with E-state index in [-0.39, 0.29) is 11.6 Å². The molecule has 94 valence electrons. The van der Waals surface area contributed by atoms with Crippen LogP contribution in [0.1, 0.15) is 32.0 Å². The maximum Gasteiger partial charge on any atom is 0.0486 e. The molecule has 3 N–H and O–H groups in total. The molecule has 0 amide bonds. The van der Waals surface area contributed by atoms with Gasteiger partial charge in [-0.1, -0.05) is 26.8 Å². The Balaban J connectivity index is 0. The van der Waals surface area contributed by atoms with Crippen LogP contribution in [-0.2, 0) is 5.41 Å². The highest BCUT2D eigenvalue weighted by Gasteiger charge is 2.16. The fourth-order valence-electron chi connectivity index (χ4n) is 1.34. The molecule has 0 atom stereocenters. The van der Waals surface area contributed by atoms with Crippen molar-refractivity contribution in [2.24, 2.45) is 0 Å². The second kappa shape index (κ2) is 8.89.